The molecule has 1 aromatic rings. The summed E-state index contributed by atoms with van der Waals surface area (Å²) in [7, 11) is -1.61. The third-order valence-corrected chi connectivity index (χ3v) is 4.92. The van der Waals surface area contributed by atoms with Gasteiger partial charge in [0, 0.05) is 18.6 Å². The highest BCUT2D eigenvalue weighted by Crippen LogP contribution is 2.21. The van der Waals surface area contributed by atoms with Crippen molar-refractivity contribution < 1.29 is 13.2 Å². The summed E-state index contributed by atoms with van der Waals surface area (Å²) >= 11 is 0. The molecule has 162 valence electrons. The fourth-order valence-corrected chi connectivity index (χ4v) is 3.73. The van der Waals surface area contributed by atoms with Gasteiger partial charge in [0.05, 0.1) is 19.9 Å². The van der Waals surface area contributed by atoms with Crippen molar-refractivity contribution in [2.45, 2.75) is 45.6 Å². The summed E-state index contributed by atoms with van der Waals surface area (Å²) in [5, 5.41) is 6.51. The van der Waals surface area contributed by atoms with Gasteiger partial charge in [0.2, 0.25) is 10.0 Å². The number of guanidine groups is 1. The number of methoxy groups -OCH3 is 1. The number of ether oxygens (including phenoxy) is 1. The lowest BCUT2D eigenvalue weighted by molar-refractivity contribution is 0.414. The topological polar surface area (TPSA) is 91.8 Å². The maximum Gasteiger partial charge on any atom is 0.209 e. The zero-order valence-electron chi connectivity index (χ0n) is 17.7. The van der Waals surface area contributed by atoms with Gasteiger partial charge >= 0.3 is 0 Å². The van der Waals surface area contributed by atoms with Gasteiger partial charge in [0.1, 0.15) is 5.75 Å². The van der Waals surface area contributed by atoms with Crippen LogP contribution >= 0.6 is 24.0 Å². The van der Waals surface area contributed by atoms with Gasteiger partial charge in [-0.1, -0.05) is 19.1 Å². The average Bonchev–Trinajstić information content (AvgIpc) is 2.57. The first-order chi connectivity index (χ1) is 12.6. The number of sulfonamides is 1. The summed E-state index contributed by atoms with van der Waals surface area (Å²) in [5.41, 5.74) is 0.616. The minimum Gasteiger partial charge on any atom is -0.497 e. The first kappa shape index (κ1) is 26.9. The van der Waals surface area contributed by atoms with Crippen LogP contribution in [0.3, 0.4) is 0 Å². The molecule has 7 nitrogen and oxygen atoms in total. The number of aliphatic imine (C=N–C) groups is 1. The molecule has 0 aromatic heterocycles. The van der Waals surface area contributed by atoms with Crippen LogP contribution in [0.5, 0.6) is 5.75 Å². The largest absolute Gasteiger partial charge is 0.497 e. The molecule has 0 heterocycles. The summed E-state index contributed by atoms with van der Waals surface area (Å²) in [4.78, 5) is 4.51. The van der Waals surface area contributed by atoms with Crippen molar-refractivity contribution in [2.24, 2.45) is 4.99 Å². The van der Waals surface area contributed by atoms with Crippen molar-refractivity contribution in [3.8, 4) is 5.75 Å². The van der Waals surface area contributed by atoms with Crippen molar-refractivity contribution in [1.82, 2.24) is 15.4 Å². The van der Waals surface area contributed by atoms with Gasteiger partial charge in [-0.05, 0) is 50.8 Å². The Bertz CT molecular complexity index is 706. The molecule has 1 atom stereocenters. The molecule has 0 spiro atoms. The molecule has 0 radical (unpaired) electrons. The number of rotatable bonds is 10. The Kier molecular flexibility index (Phi) is 12.0. The molecule has 9 heteroatoms. The molecule has 0 aliphatic heterocycles. The second-order valence-electron chi connectivity index (χ2n) is 7.34. The molecule has 1 unspecified atom stereocenters. The van der Waals surface area contributed by atoms with Crippen LogP contribution in [-0.2, 0) is 10.0 Å². The lowest BCUT2D eigenvalue weighted by Gasteiger charge is -2.23. The van der Waals surface area contributed by atoms with Gasteiger partial charge in [0.25, 0.3) is 0 Å². The zero-order valence-corrected chi connectivity index (χ0v) is 20.9. The van der Waals surface area contributed by atoms with Crippen LogP contribution in [0.15, 0.2) is 29.3 Å². The van der Waals surface area contributed by atoms with E-state index in [-0.39, 0.29) is 24.0 Å². The Morgan fingerprint density at radius 3 is 2.32 bits per heavy atom. The third kappa shape index (κ3) is 11.1. The molecule has 0 fully saturated rings. The molecule has 1 aromatic carbocycles. The molecule has 28 heavy (non-hydrogen) atoms. The Balaban J connectivity index is 0.00000729. The van der Waals surface area contributed by atoms with Gasteiger partial charge in [-0.15, -0.1) is 24.0 Å². The van der Waals surface area contributed by atoms with Crippen LogP contribution in [-0.4, -0.2) is 52.9 Å². The van der Waals surface area contributed by atoms with E-state index in [9.17, 15) is 8.42 Å². The molecule has 0 aliphatic carbocycles. The molecule has 0 bridgehead atoms. The first-order valence-corrected chi connectivity index (χ1v) is 11.1. The number of hydrogen-bond acceptors (Lipinski definition) is 4. The summed E-state index contributed by atoms with van der Waals surface area (Å²) < 4.78 is 30.7. The van der Waals surface area contributed by atoms with Crippen LogP contribution < -0.4 is 20.1 Å². The van der Waals surface area contributed by atoms with Gasteiger partial charge in [0.15, 0.2) is 5.96 Å². The highest BCUT2D eigenvalue weighted by atomic mass is 127. The van der Waals surface area contributed by atoms with E-state index in [0.29, 0.717) is 18.4 Å². The van der Waals surface area contributed by atoms with Crippen LogP contribution in [0.25, 0.3) is 0 Å². The fraction of sp³-hybridized carbons (Fsp3) is 0.632. The van der Waals surface area contributed by atoms with E-state index in [1.807, 2.05) is 32.9 Å². The van der Waals surface area contributed by atoms with E-state index in [4.69, 9.17) is 4.74 Å². The van der Waals surface area contributed by atoms with Crippen molar-refractivity contribution >= 4 is 40.0 Å². The predicted octanol–water partition coefficient (Wildman–Crippen LogP) is 2.69. The lowest BCUT2D eigenvalue weighted by atomic mass is 9.98. The number of nitrogens with zero attached hydrogens (tertiary/aromatic N) is 1. The van der Waals surface area contributed by atoms with E-state index < -0.39 is 15.6 Å². The molecule has 1 rings (SSSR count). The van der Waals surface area contributed by atoms with Crippen molar-refractivity contribution in [1.29, 1.82) is 0 Å². The SMILES string of the molecule is CCNC(=NCC(C)(C)NS(C)(=O)=O)NCCC(C)c1ccc(OC)cc1.I. The Morgan fingerprint density at radius 2 is 1.82 bits per heavy atom. The zero-order chi connectivity index (χ0) is 20.5. The first-order valence-electron chi connectivity index (χ1n) is 9.21. The molecular formula is C19H35IN4O3S. The highest BCUT2D eigenvalue weighted by Gasteiger charge is 2.21. The van der Waals surface area contributed by atoms with Crippen molar-refractivity contribution in [3.05, 3.63) is 29.8 Å². The second-order valence-corrected chi connectivity index (χ2v) is 9.09. The molecule has 0 amide bonds. The summed E-state index contributed by atoms with van der Waals surface area (Å²) in [5.74, 6) is 1.94. The van der Waals surface area contributed by atoms with Crippen LogP contribution in [0.2, 0.25) is 0 Å². The Morgan fingerprint density at radius 1 is 1.21 bits per heavy atom. The van der Waals surface area contributed by atoms with Crippen molar-refractivity contribution in [2.75, 3.05) is 33.0 Å². The maximum absolute atomic E-state index is 11.4. The van der Waals surface area contributed by atoms with E-state index in [1.54, 1.807) is 7.11 Å². The average molecular weight is 526 g/mol. The standard InChI is InChI=1S/C19H34N4O3S.HI/c1-7-20-18(22-14-19(3,4)23-27(6,24)25)21-13-12-15(2)16-8-10-17(26-5)11-9-16;/h8-11,15,23H,7,12-14H2,1-6H3,(H2,20,21,22);1H. The van der Waals surface area contributed by atoms with Gasteiger partial charge in [-0.3, -0.25) is 4.99 Å². The van der Waals surface area contributed by atoms with Crippen molar-refractivity contribution in [3.63, 3.8) is 0 Å². The maximum atomic E-state index is 11.4. The van der Waals surface area contributed by atoms with E-state index >= 15 is 0 Å². The van der Waals surface area contributed by atoms with Gasteiger partial charge in [-0.2, -0.15) is 0 Å². The Labute approximate surface area is 187 Å². The highest BCUT2D eigenvalue weighted by molar-refractivity contribution is 14.0. The lowest BCUT2D eigenvalue weighted by Crippen LogP contribution is -2.46. The second kappa shape index (κ2) is 12.5. The smallest absolute Gasteiger partial charge is 0.209 e. The normalized spacial score (nSPS) is 13.4. The van der Waals surface area contributed by atoms with Crippen LogP contribution in [0.1, 0.15) is 45.6 Å². The van der Waals surface area contributed by atoms with Gasteiger partial charge < -0.3 is 15.4 Å². The number of nitrogens with one attached hydrogen (secondary N) is 3. The summed E-state index contributed by atoms with van der Waals surface area (Å²) in [6.45, 7) is 9.64. The third-order valence-electron chi connectivity index (χ3n) is 3.99. The minimum atomic E-state index is -3.27. The number of halogens is 1. The predicted molar refractivity (Wildman–Crippen MR) is 127 cm³/mol. The number of hydrogen-bond donors (Lipinski definition) is 3. The van der Waals surface area contributed by atoms with Crippen LogP contribution in [0.4, 0.5) is 0 Å². The van der Waals surface area contributed by atoms with Gasteiger partial charge in [-0.25, -0.2) is 13.1 Å². The monoisotopic (exact) mass is 526 g/mol. The van der Waals surface area contributed by atoms with E-state index in [1.165, 1.54) is 5.56 Å². The molecule has 0 saturated heterocycles. The van der Waals surface area contributed by atoms with E-state index in [0.717, 1.165) is 31.5 Å². The fourth-order valence-electron chi connectivity index (χ4n) is 2.66. The quantitative estimate of drug-likeness (QED) is 0.248. The summed E-state index contributed by atoms with van der Waals surface area (Å²) in [6.07, 6.45) is 2.10. The summed E-state index contributed by atoms with van der Waals surface area (Å²) in [6, 6.07) is 8.12. The van der Waals surface area contributed by atoms with Crippen LogP contribution in [0, 0.1) is 0 Å². The molecule has 3 N–H and O–H groups in total. The Hall–Kier alpha value is -1.07. The molecule has 0 aliphatic rings. The minimum absolute atomic E-state index is 0. The number of benzene rings is 1. The van der Waals surface area contributed by atoms with E-state index in [2.05, 4.69) is 39.4 Å². The molecule has 0 saturated carbocycles. The molecular weight excluding hydrogens is 491 g/mol.